The molecule has 2 aromatic rings. The van der Waals surface area contributed by atoms with Gasteiger partial charge in [-0.3, -0.25) is 9.59 Å². The Bertz CT molecular complexity index is 861. The van der Waals surface area contributed by atoms with Gasteiger partial charge in [0.1, 0.15) is 0 Å². The van der Waals surface area contributed by atoms with Gasteiger partial charge >= 0.3 is 0 Å². The average molecular weight is 398 g/mol. The smallest absolute Gasteiger partial charge is 0.244 e. The van der Waals surface area contributed by atoms with Crippen LogP contribution >= 0.6 is 0 Å². The highest BCUT2D eigenvalue weighted by molar-refractivity contribution is 5.92. The highest BCUT2D eigenvalue weighted by atomic mass is 16.3. The zero-order chi connectivity index (χ0) is 21.2. The van der Waals surface area contributed by atoms with Gasteiger partial charge in [0.25, 0.3) is 0 Å². The van der Waals surface area contributed by atoms with E-state index >= 15 is 0 Å². The summed E-state index contributed by atoms with van der Waals surface area (Å²) in [5.41, 5.74) is 1.13. The highest BCUT2D eigenvalue weighted by Crippen LogP contribution is 2.26. The molecule has 8 nitrogen and oxygen atoms in total. The van der Waals surface area contributed by atoms with Crippen LogP contribution in [0.1, 0.15) is 17.5 Å². The molecule has 0 fully saturated rings. The second-order valence-corrected chi connectivity index (χ2v) is 6.10. The first kappa shape index (κ1) is 21.4. The summed E-state index contributed by atoms with van der Waals surface area (Å²) in [6, 6.07) is 8.44. The Hall–Kier alpha value is -3.94. The SMILES string of the molecule is O=C(/C=C/c1ccc(O)c(O)c1)NCCCNC(=O)/C=C/c1ccc(O)c(O)c1. The van der Waals surface area contributed by atoms with E-state index in [1.54, 1.807) is 12.1 Å². The van der Waals surface area contributed by atoms with Gasteiger partial charge in [0.15, 0.2) is 23.0 Å². The molecular weight excluding hydrogens is 376 g/mol. The monoisotopic (exact) mass is 398 g/mol. The van der Waals surface area contributed by atoms with Gasteiger partial charge in [-0.25, -0.2) is 0 Å². The number of nitrogens with one attached hydrogen (secondary N) is 2. The quantitative estimate of drug-likeness (QED) is 0.228. The second-order valence-electron chi connectivity index (χ2n) is 6.10. The van der Waals surface area contributed by atoms with Gasteiger partial charge in [0.05, 0.1) is 0 Å². The van der Waals surface area contributed by atoms with Crippen LogP contribution in [0.2, 0.25) is 0 Å². The van der Waals surface area contributed by atoms with E-state index in [1.165, 1.54) is 48.6 Å². The van der Waals surface area contributed by atoms with Crippen LogP contribution < -0.4 is 10.6 Å². The molecule has 0 aliphatic heterocycles. The third-order valence-electron chi connectivity index (χ3n) is 3.81. The molecule has 0 bridgehead atoms. The first-order valence-electron chi connectivity index (χ1n) is 8.81. The van der Waals surface area contributed by atoms with Crippen molar-refractivity contribution in [1.82, 2.24) is 10.6 Å². The maximum absolute atomic E-state index is 11.7. The van der Waals surface area contributed by atoms with Crippen LogP contribution in [-0.2, 0) is 9.59 Å². The van der Waals surface area contributed by atoms with E-state index in [0.717, 1.165) is 0 Å². The van der Waals surface area contributed by atoms with Crippen molar-refractivity contribution < 1.29 is 30.0 Å². The lowest BCUT2D eigenvalue weighted by molar-refractivity contribution is -0.116. The molecule has 0 aliphatic rings. The molecule has 0 unspecified atom stereocenters. The molecule has 0 aromatic heterocycles. The van der Waals surface area contributed by atoms with Gasteiger partial charge in [-0.2, -0.15) is 0 Å². The fourth-order valence-electron chi connectivity index (χ4n) is 2.26. The molecule has 0 atom stereocenters. The molecule has 0 saturated heterocycles. The molecule has 0 aliphatic carbocycles. The lowest BCUT2D eigenvalue weighted by Crippen LogP contribution is -2.28. The molecule has 8 heteroatoms. The van der Waals surface area contributed by atoms with Crippen LogP contribution in [0.4, 0.5) is 0 Å². The van der Waals surface area contributed by atoms with Gasteiger partial charge in [0, 0.05) is 25.2 Å². The summed E-state index contributed by atoms with van der Waals surface area (Å²) in [4.78, 5) is 23.5. The maximum Gasteiger partial charge on any atom is 0.244 e. The summed E-state index contributed by atoms with van der Waals surface area (Å²) in [6.07, 6.45) is 6.14. The van der Waals surface area contributed by atoms with Gasteiger partial charge in [-0.05, 0) is 54.0 Å². The van der Waals surface area contributed by atoms with Gasteiger partial charge in [0.2, 0.25) is 11.8 Å². The van der Waals surface area contributed by atoms with Gasteiger partial charge in [-0.1, -0.05) is 12.1 Å². The van der Waals surface area contributed by atoms with E-state index in [4.69, 9.17) is 0 Å². The minimum absolute atomic E-state index is 0.232. The molecule has 0 spiro atoms. The van der Waals surface area contributed by atoms with E-state index < -0.39 is 0 Å². The van der Waals surface area contributed by atoms with E-state index in [1.807, 2.05) is 0 Å². The van der Waals surface area contributed by atoms with Crippen molar-refractivity contribution in [2.45, 2.75) is 6.42 Å². The Labute approximate surface area is 167 Å². The number of phenolic OH excluding ortho intramolecular Hbond substituents is 4. The Morgan fingerprint density at radius 1 is 0.690 bits per heavy atom. The first-order chi connectivity index (χ1) is 13.8. The number of hydrogen-bond acceptors (Lipinski definition) is 6. The molecule has 0 radical (unpaired) electrons. The summed E-state index contributed by atoms with van der Waals surface area (Å²) < 4.78 is 0. The van der Waals surface area contributed by atoms with Crippen LogP contribution in [0, 0.1) is 0 Å². The standard InChI is InChI=1S/C21H22N2O6/c24-16-6-2-14(12-18(16)26)4-8-20(28)22-10-1-11-23-21(29)9-5-15-3-7-17(25)19(27)13-15/h2-9,12-13,24-27H,1,10-11H2,(H,22,28)(H,23,29)/b8-4+,9-5+. The summed E-state index contributed by atoms with van der Waals surface area (Å²) in [5.74, 6) is -1.64. The molecule has 0 saturated carbocycles. The number of amides is 2. The molecule has 152 valence electrons. The number of phenols is 4. The van der Waals surface area contributed by atoms with E-state index in [-0.39, 0.29) is 34.8 Å². The zero-order valence-electron chi connectivity index (χ0n) is 15.5. The molecule has 6 N–H and O–H groups in total. The summed E-state index contributed by atoms with van der Waals surface area (Å²) >= 11 is 0. The fraction of sp³-hybridized carbons (Fsp3) is 0.143. The minimum Gasteiger partial charge on any atom is -0.504 e. The van der Waals surface area contributed by atoms with Crippen LogP contribution in [0.25, 0.3) is 12.2 Å². The van der Waals surface area contributed by atoms with E-state index in [2.05, 4.69) is 10.6 Å². The molecule has 2 amide bonds. The lowest BCUT2D eigenvalue weighted by atomic mass is 10.2. The third-order valence-corrected chi connectivity index (χ3v) is 3.81. The van der Waals surface area contributed by atoms with Crippen molar-refractivity contribution in [3.63, 3.8) is 0 Å². The number of aromatic hydroxyl groups is 4. The van der Waals surface area contributed by atoms with Crippen molar-refractivity contribution in [1.29, 1.82) is 0 Å². The minimum atomic E-state index is -0.323. The summed E-state index contributed by atoms with van der Waals surface area (Å²) in [6.45, 7) is 0.722. The molecule has 2 aromatic carbocycles. The van der Waals surface area contributed by atoms with E-state index in [0.29, 0.717) is 30.6 Å². The van der Waals surface area contributed by atoms with Crippen LogP contribution in [-0.4, -0.2) is 45.3 Å². The summed E-state index contributed by atoms with van der Waals surface area (Å²) in [5, 5.41) is 42.6. The number of rotatable bonds is 8. The van der Waals surface area contributed by atoms with Crippen molar-refractivity contribution in [2.24, 2.45) is 0 Å². The number of benzene rings is 2. The molecular formula is C21H22N2O6. The third kappa shape index (κ3) is 7.30. The molecule has 0 heterocycles. The Morgan fingerprint density at radius 2 is 1.10 bits per heavy atom. The zero-order valence-corrected chi connectivity index (χ0v) is 15.5. The normalized spacial score (nSPS) is 11.0. The maximum atomic E-state index is 11.7. The van der Waals surface area contributed by atoms with Crippen LogP contribution in [0.3, 0.4) is 0 Å². The van der Waals surface area contributed by atoms with Gasteiger partial charge < -0.3 is 31.1 Å². The second kappa shape index (κ2) is 10.4. The van der Waals surface area contributed by atoms with Gasteiger partial charge in [-0.15, -0.1) is 0 Å². The number of carbonyl (C=O) groups excluding carboxylic acids is 2. The molecule has 29 heavy (non-hydrogen) atoms. The van der Waals surface area contributed by atoms with Crippen molar-refractivity contribution in [3.05, 3.63) is 59.7 Å². The predicted molar refractivity (Wildman–Crippen MR) is 108 cm³/mol. The average Bonchev–Trinajstić information content (AvgIpc) is 2.69. The number of carbonyl (C=O) groups is 2. The van der Waals surface area contributed by atoms with Crippen LogP contribution in [0.15, 0.2) is 48.6 Å². The topological polar surface area (TPSA) is 139 Å². The predicted octanol–water partition coefficient (Wildman–Crippen LogP) is 1.86. The number of hydrogen-bond donors (Lipinski definition) is 6. The first-order valence-corrected chi connectivity index (χ1v) is 8.81. The van der Waals surface area contributed by atoms with Crippen molar-refractivity contribution >= 4 is 24.0 Å². The fourth-order valence-corrected chi connectivity index (χ4v) is 2.26. The van der Waals surface area contributed by atoms with E-state index in [9.17, 15) is 30.0 Å². The highest BCUT2D eigenvalue weighted by Gasteiger charge is 2.01. The summed E-state index contributed by atoms with van der Waals surface area (Å²) in [7, 11) is 0. The van der Waals surface area contributed by atoms with Crippen molar-refractivity contribution in [3.8, 4) is 23.0 Å². The largest absolute Gasteiger partial charge is 0.504 e. The van der Waals surface area contributed by atoms with Crippen molar-refractivity contribution in [2.75, 3.05) is 13.1 Å². The Balaban J connectivity index is 1.65. The van der Waals surface area contributed by atoms with Crippen LogP contribution in [0.5, 0.6) is 23.0 Å². The lowest BCUT2D eigenvalue weighted by Gasteiger charge is -2.04. The Morgan fingerprint density at radius 3 is 1.48 bits per heavy atom. The Kier molecular flexibility index (Phi) is 7.67. The molecule has 2 rings (SSSR count).